The first kappa shape index (κ1) is 21.4. The standard InChI is InChI=1S/C20H29NO5S/c1-4-7-13-10-11-14-15(12-13)27-19(18(14)20(24)26-5-2)21-16(22)8-6-9-17(23)25-3/h13H,4-12H2,1-3H3,(H,21,22)/t13-/m0/s1. The number of amides is 1. The molecule has 1 amide bonds. The van der Waals surface area contributed by atoms with E-state index in [0.717, 1.165) is 31.2 Å². The van der Waals surface area contributed by atoms with Gasteiger partial charge < -0.3 is 14.8 Å². The van der Waals surface area contributed by atoms with Gasteiger partial charge in [-0.2, -0.15) is 0 Å². The third-order valence-electron chi connectivity index (χ3n) is 4.81. The summed E-state index contributed by atoms with van der Waals surface area (Å²) in [4.78, 5) is 37.1. The summed E-state index contributed by atoms with van der Waals surface area (Å²) < 4.78 is 9.81. The highest BCUT2D eigenvalue weighted by atomic mass is 32.1. The molecule has 0 bridgehead atoms. The molecule has 1 aliphatic carbocycles. The highest BCUT2D eigenvalue weighted by Crippen LogP contribution is 2.41. The lowest BCUT2D eigenvalue weighted by Gasteiger charge is -2.21. The first-order chi connectivity index (χ1) is 13.0. The molecule has 27 heavy (non-hydrogen) atoms. The van der Waals surface area contributed by atoms with Crippen molar-refractivity contribution in [3.8, 4) is 0 Å². The molecule has 2 rings (SSSR count). The summed E-state index contributed by atoms with van der Waals surface area (Å²) in [6.07, 6.45) is 6.03. The minimum atomic E-state index is -0.367. The molecule has 6 nitrogen and oxygen atoms in total. The van der Waals surface area contributed by atoms with Crippen LogP contribution >= 0.6 is 11.3 Å². The van der Waals surface area contributed by atoms with E-state index in [2.05, 4.69) is 17.0 Å². The Hall–Kier alpha value is -1.89. The molecule has 0 unspecified atom stereocenters. The van der Waals surface area contributed by atoms with Crippen molar-refractivity contribution in [3.05, 3.63) is 16.0 Å². The summed E-state index contributed by atoms with van der Waals surface area (Å²) in [5.74, 6) is -0.259. The summed E-state index contributed by atoms with van der Waals surface area (Å²) in [7, 11) is 1.33. The summed E-state index contributed by atoms with van der Waals surface area (Å²) in [5.41, 5.74) is 1.56. The van der Waals surface area contributed by atoms with Gasteiger partial charge in [0, 0.05) is 17.7 Å². The van der Waals surface area contributed by atoms with Crippen LogP contribution in [0.15, 0.2) is 0 Å². The van der Waals surface area contributed by atoms with Crippen molar-refractivity contribution in [2.75, 3.05) is 19.0 Å². The van der Waals surface area contributed by atoms with Crippen LogP contribution in [0, 0.1) is 5.92 Å². The second kappa shape index (κ2) is 10.4. The van der Waals surface area contributed by atoms with Crippen LogP contribution in [0.4, 0.5) is 5.00 Å². The fourth-order valence-corrected chi connectivity index (χ4v) is 4.87. The van der Waals surface area contributed by atoms with Crippen LogP contribution in [-0.4, -0.2) is 31.6 Å². The molecule has 0 saturated carbocycles. The Morgan fingerprint density at radius 3 is 2.67 bits per heavy atom. The van der Waals surface area contributed by atoms with Gasteiger partial charge in [0.15, 0.2) is 0 Å². The van der Waals surface area contributed by atoms with Crippen LogP contribution < -0.4 is 5.32 Å². The van der Waals surface area contributed by atoms with E-state index in [4.69, 9.17) is 4.74 Å². The molecule has 150 valence electrons. The van der Waals surface area contributed by atoms with Gasteiger partial charge >= 0.3 is 11.9 Å². The van der Waals surface area contributed by atoms with Crippen LogP contribution in [0.3, 0.4) is 0 Å². The van der Waals surface area contributed by atoms with Gasteiger partial charge in [0.05, 0.1) is 19.3 Å². The highest BCUT2D eigenvalue weighted by Gasteiger charge is 2.30. The van der Waals surface area contributed by atoms with Crippen LogP contribution in [0.5, 0.6) is 0 Å². The Labute approximate surface area is 164 Å². The fraction of sp³-hybridized carbons (Fsp3) is 0.650. The zero-order valence-corrected chi connectivity index (χ0v) is 17.2. The van der Waals surface area contributed by atoms with E-state index in [9.17, 15) is 14.4 Å². The smallest absolute Gasteiger partial charge is 0.341 e. The summed E-state index contributed by atoms with van der Waals surface area (Å²) in [5, 5.41) is 3.45. The Morgan fingerprint density at radius 1 is 1.22 bits per heavy atom. The third-order valence-corrected chi connectivity index (χ3v) is 5.98. The van der Waals surface area contributed by atoms with E-state index < -0.39 is 0 Å². The maximum atomic E-state index is 12.5. The van der Waals surface area contributed by atoms with Crippen LogP contribution in [0.2, 0.25) is 0 Å². The van der Waals surface area contributed by atoms with Gasteiger partial charge in [-0.25, -0.2) is 4.79 Å². The predicted molar refractivity (Wildman–Crippen MR) is 105 cm³/mol. The number of fused-ring (bicyclic) bond motifs is 1. The molecule has 1 aliphatic rings. The zero-order valence-electron chi connectivity index (χ0n) is 16.4. The number of hydrogen-bond donors (Lipinski definition) is 1. The van der Waals surface area contributed by atoms with E-state index in [0.29, 0.717) is 29.5 Å². The van der Waals surface area contributed by atoms with Crippen molar-refractivity contribution >= 4 is 34.2 Å². The SMILES string of the molecule is CCC[C@H]1CCc2c(sc(NC(=O)CCCC(=O)OC)c2C(=O)OCC)C1. The fourth-order valence-electron chi connectivity index (χ4n) is 3.50. The molecule has 1 atom stereocenters. The number of carbonyl (C=O) groups is 3. The van der Waals surface area contributed by atoms with Gasteiger partial charge in [0.1, 0.15) is 5.00 Å². The highest BCUT2D eigenvalue weighted by molar-refractivity contribution is 7.17. The minimum Gasteiger partial charge on any atom is -0.469 e. The maximum absolute atomic E-state index is 12.5. The van der Waals surface area contributed by atoms with Gasteiger partial charge in [-0.3, -0.25) is 9.59 Å². The molecular formula is C20H29NO5S. The van der Waals surface area contributed by atoms with E-state index >= 15 is 0 Å². The van der Waals surface area contributed by atoms with Crippen molar-refractivity contribution in [2.24, 2.45) is 5.92 Å². The molecule has 1 aromatic heterocycles. The third kappa shape index (κ3) is 5.79. The molecule has 0 saturated heterocycles. The quantitative estimate of drug-likeness (QED) is 0.636. The van der Waals surface area contributed by atoms with Gasteiger partial charge in [-0.15, -0.1) is 11.3 Å². The van der Waals surface area contributed by atoms with Crippen molar-refractivity contribution in [2.45, 2.75) is 65.2 Å². The van der Waals surface area contributed by atoms with Crippen molar-refractivity contribution in [3.63, 3.8) is 0 Å². The van der Waals surface area contributed by atoms with E-state index in [1.807, 2.05) is 0 Å². The molecule has 1 N–H and O–H groups in total. The van der Waals surface area contributed by atoms with Crippen LogP contribution in [0.25, 0.3) is 0 Å². The average Bonchev–Trinajstić information content (AvgIpc) is 2.98. The molecule has 1 heterocycles. The number of methoxy groups -OCH3 is 1. The Kier molecular flexibility index (Phi) is 8.28. The van der Waals surface area contributed by atoms with Crippen molar-refractivity contribution < 1.29 is 23.9 Å². The summed E-state index contributed by atoms with van der Waals surface area (Å²) in [6, 6.07) is 0. The number of carbonyl (C=O) groups excluding carboxylic acids is 3. The Morgan fingerprint density at radius 2 is 2.00 bits per heavy atom. The van der Waals surface area contributed by atoms with Gasteiger partial charge in [-0.05, 0) is 44.1 Å². The van der Waals surface area contributed by atoms with Gasteiger partial charge in [0.2, 0.25) is 5.91 Å². The monoisotopic (exact) mass is 395 g/mol. The van der Waals surface area contributed by atoms with E-state index in [1.165, 1.54) is 29.7 Å². The lowest BCUT2D eigenvalue weighted by atomic mass is 9.84. The summed E-state index contributed by atoms with van der Waals surface area (Å²) >= 11 is 1.49. The number of hydrogen-bond acceptors (Lipinski definition) is 6. The lowest BCUT2D eigenvalue weighted by molar-refractivity contribution is -0.140. The Balaban J connectivity index is 2.13. The van der Waals surface area contributed by atoms with Crippen molar-refractivity contribution in [1.82, 2.24) is 0 Å². The second-order valence-corrected chi connectivity index (χ2v) is 7.91. The molecule has 0 aliphatic heterocycles. The molecule has 0 aromatic carbocycles. The van der Waals surface area contributed by atoms with Crippen LogP contribution in [0.1, 0.15) is 73.2 Å². The van der Waals surface area contributed by atoms with Crippen molar-refractivity contribution in [1.29, 1.82) is 0 Å². The number of esters is 2. The van der Waals surface area contributed by atoms with E-state index in [-0.39, 0.29) is 30.7 Å². The molecule has 1 aromatic rings. The average molecular weight is 396 g/mol. The molecular weight excluding hydrogens is 366 g/mol. The zero-order chi connectivity index (χ0) is 19.8. The first-order valence-corrected chi connectivity index (χ1v) is 10.5. The molecule has 0 fully saturated rings. The molecule has 0 radical (unpaired) electrons. The van der Waals surface area contributed by atoms with Crippen LogP contribution in [-0.2, 0) is 31.9 Å². The van der Waals surface area contributed by atoms with Gasteiger partial charge in [-0.1, -0.05) is 19.8 Å². The largest absolute Gasteiger partial charge is 0.469 e. The Bertz CT molecular complexity index is 682. The topological polar surface area (TPSA) is 81.7 Å². The number of anilines is 1. The normalized spacial score (nSPS) is 15.7. The predicted octanol–water partition coefficient (Wildman–Crippen LogP) is 4.11. The molecule has 7 heteroatoms. The number of nitrogens with one attached hydrogen (secondary N) is 1. The minimum absolute atomic E-state index is 0.201. The molecule has 0 spiro atoms. The summed E-state index contributed by atoms with van der Waals surface area (Å²) in [6.45, 7) is 4.27. The lowest BCUT2D eigenvalue weighted by Crippen LogP contribution is -2.17. The van der Waals surface area contributed by atoms with E-state index in [1.54, 1.807) is 6.92 Å². The van der Waals surface area contributed by atoms with Gasteiger partial charge in [0.25, 0.3) is 0 Å². The second-order valence-electron chi connectivity index (χ2n) is 6.80. The maximum Gasteiger partial charge on any atom is 0.341 e. The number of ether oxygens (including phenoxy) is 2. The number of rotatable bonds is 9. The first-order valence-electron chi connectivity index (χ1n) is 9.68. The number of thiophene rings is 1.